The molecule has 0 radical (unpaired) electrons. The Labute approximate surface area is 76.7 Å². The first-order valence-corrected chi connectivity index (χ1v) is 7.61. The quantitative estimate of drug-likeness (QED) is 0.496. The second-order valence-corrected chi connectivity index (χ2v) is 7.71. The molecular formula is C8H19ClOSi. The zero-order valence-corrected chi connectivity index (χ0v) is 10.1. The molecule has 68 valence electrons. The van der Waals surface area contributed by atoms with E-state index < -0.39 is 8.80 Å². The molecule has 0 bridgehead atoms. The summed E-state index contributed by atoms with van der Waals surface area (Å²) in [5.74, 6) is 0.640. The molecule has 0 rings (SSSR count). The highest BCUT2D eigenvalue weighted by Gasteiger charge is 2.20. The van der Waals surface area contributed by atoms with E-state index in [0.717, 1.165) is 0 Å². The molecule has 1 unspecified atom stereocenters. The largest absolute Gasteiger partial charge is 0.375 e. The summed E-state index contributed by atoms with van der Waals surface area (Å²) < 4.78 is 5.78. The number of rotatable bonds is 3. The Hall–Kier alpha value is 0.467. The first-order chi connectivity index (χ1) is 4.87. The summed E-state index contributed by atoms with van der Waals surface area (Å²) in [6.07, 6.45) is 0. The summed E-state index contributed by atoms with van der Waals surface area (Å²) in [7, 11) is -0.739. The first kappa shape index (κ1) is 11.5. The number of halogens is 1. The standard InChI is InChI=1S/C8H19ClOSi/c1-8(2,3)10-7(6-9)11(4)5/h7,11H,6H2,1-5H3. The highest BCUT2D eigenvalue weighted by molar-refractivity contribution is 6.58. The Morgan fingerprint density at radius 3 is 1.91 bits per heavy atom. The topological polar surface area (TPSA) is 9.23 Å². The van der Waals surface area contributed by atoms with Crippen LogP contribution < -0.4 is 0 Å². The molecule has 0 aromatic carbocycles. The summed E-state index contributed by atoms with van der Waals surface area (Å²) in [4.78, 5) is 0. The van der Waals surface area contributed by atoms with E-state index in [0.29, 0.717) is 11.6 Å². The molecule has 1 nitrogen and oxygen atoms in total. The Morgan fingerprint density at radius 2 is 1.82 bits per heavy atom. The maximum absolute atomic E-state index is 5.78. The van der Waals surface area contributed by atoms with E-state index >= 15 is 0 Å². The van der Waals surface area contributed by atoms with Gasteiger partial charge in [-0.15, -0.1) is 11.6 Å². The van der Waals surface area contributed by atoms with Crippen molar-refractivity contribution in [1.29, 1.82) is 0 Å². The first-order valence-electron chi connectivity index (χ1n) is 4.10. The van der Waals surface area contributed by atoms with Crippen molar-refractivity contribution in [3.05, 3.63) is 0 Å². The van der Waals surface area contributed by atoms with Crippen LogP contribution in [0.2, 0.25) is 13.1 Å². The van der Waals surface area contributed by atoms with Crippen molar-refractivity contribution >= 4 is 20.4 Å². The molecule has 1 atom stereocenters. The normalized spacial score (nSPS) is 15.5. The molecule has 0 saturated heterocycles. The second kappa shape index (κ2) is 4.48. The minimum Gasteiger partial charge on any atom is -0.375 e. The molecular weight excluding hydrogens is 176 g/mol. The molecule has 0 aliphatic carbocycles. The molecule has 0 spiro atoms. The average Bonchev–Trinajstić information content (AvgIpc) is 1.80. The van der Waals surface area contributed by atoms with E-state index in [9.17, 15) is 0 Å². The smallest absolute Gasteiger partial charge is 0.0672 e. The van der Waals surface area contributed by atoms with Crippen LogP contribution in [0.25, 0.3) is 0 Å². The maximum Gasteiger partial charge on any atom is 0.0672 e. The lowest BCUT2D eigenvalue weighted by Gasteiger charge is -2.28. The molecule has 0 N–H and O–H groups in total. The minimum absolute atomic E-state index is 0.0448. The van der Waals surface area contributed by atoms with Crippen molar-refractivity contribution < 1.29 is 4.74 Å². The van der Waals surface area contributed by atoms with Gasteiger partial charge < -0.3 is 4.74 Å². The molecule has 0 aliphatic heterocycles. The highest BCUT2D eigenvalue weighted by Crippen LogP contribution is 2.13. The fourth-order valence-electron chi connectivity index (χ4n) is 0.800. The SMILES string of the molecule is C[SiH](C)C(CCl)OC(C)(C)C. The fourth-order valence-corrected chi connectivity index (χ4v) is 2.97. The molecule has 0 aliphatic rings. The van der Waals surface area contributed by atoms with Crippen molar-refractivity contribution in [1.82, 2.24) is 0 Å². The zero-order valence-electron chi connectivity index (χ0n) is 8.15. The number of hydrogen-bond acceptors (Lipinski definition) is 1. The van der Waals surface area contributed by atoms with Crippen LogP contribution in [0, 0.1) is 0 Å². The van der Waals surface area contributed by atoms with Crippen LogP contribution in [0.1, 0.15) is 20.8 Å². The minimum atomic E-state index is -0.739. The number of alkyl halides is 1. The molecule has 0 aromatic heterocycles. The van der Waals surface area contributed by atoms with Crippen LogP contribution in [-0.2, 0) is 4.74 Å². The Morgan fingerprint density at radius 1 is 1.36 bits per heavy atom. The van der Waals surface area contributed by atoms with Gasteiger partial charge >= 0.3 is 0 Å². The monoisotopic (exact) mass is 194 g/mol. The highest BCUT2D eigenvalue weighted by atomic mass is 35.5. The fraction of sp³-hybridized carbons (Fsp3) is 1.00. The summed E-state index contributed by atoms with van der Waals surface area (Å²) in [6.45, 7) is 10.7. The molecule has 0 heterocycles. The zero-order chi connectivity index (χ0) is 9.07. The van der Waals surface area contributed by atoms with Crippen molar-refractivity contribution in [3.8, 4) is 0 Å². The van der Waals surface area contributed by atoms with Crippen molar-refractivity contribution in [2.75, 3.05) is 5.88 Å². The summed E-state index contributed by atoms with van der Waals surface area (Å²) in [5, 5.41) is 0. The second-order valence-electron chi connectivity index (χ2n) is 4.17. The molecule has 11 heavy (non-hydrogen) atoms. The lowest BCUT2D eigenvalue weighted by Crippen LogP contribution is -2.37. The Balaban J connectivity index is 3.88. The summed E-state index contributed by atoms with van der Waals surface area (Å²) in [5.41, 5.74) is 0.272. The Bertz CT molecular complexity index is 109. The van der Waals surface area contributed by atoms with Gasteiger partial charge in [0.15, 0.2) is 0 Å². The van der Waals surface area contributed by atoms with E-state index in [4.69, 9.17) is 16.3 Å². The van der Waals surface area contributed by atoms with Gasteiger partial charge in [-0.25, -0.2) is 0 Å². The van der Waals surface area contributed by atoms with Gasteiger partial charge in [-0.05, 0) is 20.8 Å². The van der Waals surface area contributed by atoms with Crippen molar-refractivity contribution in [2.24, 2.45) is 0 Å². The van der Waals surface area contributed by atoms with Gasteiger partial charge in [0.2, 0.25) is 0 Å². The van der Waals surface area contributed by atoms with Gasteiger partial charge in [-0.2, -0.15) is 0 Å². The van der Waals surface area contributed by atoms with E-state index in [1.807, 2.05) is 0 Å². The van der Waals surface area contributed by atoms with Crippen LogP contribution in [0.15, 0.2) is 0 Å². The molecule has 0 aromatic rings. The molecule has 0 saturated carbocycles. The van der Waals surface area contributed by atoms with Gasteiger partial charge in [-0.3, -0.25) is 0 Å². The molecule has 0 fully saturated rings. The van der Waals surface area contributed by atoms with Crippen molar-refractivity contribution in [3.63, 3.8) is 0 Å². The van der Waals surface area contributed by atoms with Crippen LogP contribution in [0.3, 0.4) is 0 Å². The molecule has 3 heteroatoms. The van der Waals surface area contributed by atoms with E-state index in [-0.39, 0.29) is 5.60 Å². The lowest BCUT2D eigenvalue weighted by molar-refractivity contribution is -0.0169. The maximum atomic E-state index is 5.78. The van der Waals surface area contributed by atoms with Crippen LogP contribution in [-0.4, -0.2) is 26.0 Å². The van der Waals surface area contributed by atoms with Gasteiger partial charge in [0.25, 0.3) is 0 Å². The third-order valence-electron chi connectivity index (χ3n) is 1.40. The Kier molecular flexibility index (Phi) is 4.67. The average molecular weight is 195 g/mol. The van der Waals surface area contributed by atoms with Gasteiger partial charge in [0, 0.05) is 5.88 Å². The number of hydrogen-bond donors (Lipinski definition) is 0. The van der Waals surface area contributed by atoms with Crippen LogP contribution >= 0.6 is 11.6 Å². The third-order valence-corrected chi connectivity index (χ3v) is 3.86. The lowest BCUT2D eigenvalue weighted by atomic mass is 10.2. The van der Waals surface area contributed by atoms with Gasteiger partial charge in [0.1, 0.15) is 0 Å². The third kappa shape index (κ3) is 5.71. The van der Waals surface area contributed by atoms with Gasteiger partial charge in [-0.1, -0.05) is 13.1 Å². The van der Waals surface area contributed by atoms with Gasteiger partial charge in [0.05, 0.1) is 20.1 Å². The van der Waals surface area contributed by atoms with Crippen LogP contribution in [0.4, 0.5) is 0 Å². The van der Waals surface area contributed by atoms with E-state index in [1.54, 1.807) is 0 Å². The predicted octanol–water partition coefficient (Wildman–Crippen LogP) is 2.43. The van der Waals surface area contributed by atoms with Crippen molar-refractivity contribution in [2.45, 2.75) is 45.2 Å². The van der Waals surface area contributed by atoms with E-state index in [1.165, 1.54) is 0 Å². The predicted molar refractivity (Wildman–Crippen MR) is 54.2 cm³/mol. The number of ether oxygens (including phenoxy) is 1. The van der Waals surface area contributed by atoms with Crippen LogP contribution in [0.5, 0.6) is 0 Å². The summed E-state index contributed by atoms with van der Waals surface area (Å²) in [6, 6.07) is 0. The molecule has 0 amide bonds. The summed E-state index contributed by atoms with van der Waals surface area (Å²) >= 11 is 5.78. The van der Waals surface area contributed by atoms with E-state index in [2.05, 4.69) is 33.9 Å².